The SMILES string of the molecule is CCCC(O)CCc1cc(CC)nn1C. The van der Waals surface area contributed by atoms with Crippen LogP contribution in [0.2, 0.25) is 0 Å². The molecule has 0 aromatic carbocycles. The fraction of sp³-hybridized carbons (Fsp3) is 0.750. The molecule has 1 unspecified atom stereocenters. The van der Waals surface area contributed by atoms with Crippen LogP contribution in [0.25, 0.3) is 0 Å². The summed E-state index contributed by atoms with van der Waals surface area (Å²) in [5.41, 5.74) is 2.36. The second-order valence-electron chi connectivity index (χ2n) is 4.09. The fourth-order valence-corrected chi connectivity index (χ4v) is 1.77. The average Bonchev–Trinajstić information content (AvgIpc) is 2.57. The number of hydrogen-bond acceptors (Lipinski definition) is 2. The Hall–Kier alpha value is -0.830. The number of rotatable bonds is 6. The summed E-state index contributed by atoms with van der Waals surface area (Å²) in [6.07, 6.45) is 4.53. The predicted molar refractivity (Wildman–Crippen MR) is 61.8 cm³/mol. The molecule has 0 bridgehead atoms. The molecular weight excluding hydrogens is 188 g/mol. The molecule has 0 aliphatic rings. The van der Waals surface area contributed by atoms with Crippen molar-refractivity contribution >= 4 is 0 Å². The van der Waals surface area contributed by atoms with Gasteiger partial charge in [0, 0.05) is 12.7 Å². The van der Waals surface area contributed by atoms with Crippen molar-refractivity contribution in [3.05, 3.63) is 17.5 Å². The first-order valence-corrected chi connectivity index (χ1v) is 5.87. The Morgan fingerprint density at radius 2 is 2.13 bits per heavy atom. The molecule has 0 radical (unpaired) electrons. The molecular formula is C12H22N2O. The summed E-state index contributed by atoms with van der Waals surface area (Å²) in [5.74, 6) is 0. The van der Waals surface area contributed by atoms with E-state index in [1.165, 1.54) is 5.69 Å². The summed E-state index contributed by atoms with van der Waals surface area (Å²) in [7, 11) is 1.97. The van der Waals surface area contributed by atoms with E-state index in [2.05, 4.69) is 25.0 Å². The van der Waals surface area contributed by atoms with Gasteiger partial charge in [-0.25, -0.2) is 0 Å². The smallest absolute Gasteiger partial charge is 0.0624 e. The first kappa shape index (κ1) is 12.2. The van der Waals surface area contributed by atoms with Crippen molar-refractivity contribution in [2.24, 2.45) is 7.05 Å². The molecule has 3 heteroatoms. The third-order valence-corrected chi connectivity index (χ3v) is 2.75. The summed E-state index contributed by atoms with van der Waals surface area (Å²) in [4.78, 5) is 0. The zero-order valence-corrected chi connectivity index (χ0v) is 10.0. The highest BCUT2D eigenvalue weighted by molar-refractivity contribution is 5.10. The highest BCUT2D eigenvalue weighted by Gasteiger charge is 2.07. The molecule has 0 saturated heterocycles. The van der Waals surface area contributed by atoms with Crippen molar-refractivity contribution in [2.75, 3.05) is 0 Å². The normalized spacial score (nSPS) is 13.1. The largest absolute Gasteiger partial charge is 0.393 e. The molecule has 1 heterocycles. The van der Waals surface area contributed by atoms with Gasteiger partial charge in [0.1, 0.15) is 0 Å². The molecule has 0 aliphatic carbocycles. The lowest BCUT2D eigenvalue weighted by Crippen LogP contribution is -2.09. The number of aliphatic hydroxyl groups excluding tert-OH is 1. The molecule has 3 nitrogen and oxygen atoms in total. The maximum absolute atomic E-state index is 9.64. The Balaban J connectivity index is 2.46. The molecule has 1 atom stereocenters. The Morgan fingerprint density at radius 1 is 1.40 bits per heavy atom. The van der Waals surface area contributed by atoms with E-state index in [0.717, 1.165) is 37.8 Å². The highest BCUT2D eigenvalue weighted by atomic mass is 16.3. The highest BCUT2D eigenvalue weighted by Crippen LogP contribution is 2.10. The Bertz CT molecular complexity index is 294. The van der Waals surface area contributed by atoms with Crippen molar-refractivity contribution in [3.8, 4) is 0 Å². The fourth-order valence-electron chi connectivity index (χ4n) is 1.77. The first-order valence-electron chi connectivity index (χ1n) is 5.87. The molecule has 1 aromatic heterocycles. The summed E-state index contributed by atoms with van der Waals surface area (Å²) < 4.78 is 1.93. The van der Waals surface area contributed by atoms with E-state index in [9.17, 15) is 5.11 Å². The van der Waals surface area contributed by atoms with Gasteiger partial charge < -0.3 is 5.11 Å². The maximum Gasteiger partial charge on any atom is 0.0624 e. The number of hydrogen-bond donors (Lipinski definition) is 1. The minimum Gasteiger partial charge on any atom is -0.393 e. The maximum atomic E-state index is 9.64. The van der Waals surface area contributed by atoms with Crippen LogP contribution < -0.4 is 0 Å². The quantitative estimate of drug-likeness (QED) is 0.780. The van der Waals surface area contributed by atoms with Crippen LogP contribution in [0.3, 0.4) is 0 Å². The second-order valence-corrected chi connectivity index (χ2v) is 4.09. The van der Waals surface area contributed by atoms with E-state index in [0.29, 0.717) is 0 Å². The first-order chi connectivity index (χ1) is 7.17. The van der Waals surface area contributed by atoms with Crippen LogP contribution in [-0.2, 0) is 19.9 Å². The Morgan fingerprint density at radius 3 is 2.67 bits per heavy atom. The lowest BCUT2D eigenvalue weighted by molar-refractivity contribution is 0.153. The molecule has 0 saturated carbocycles. The van der Waals surface area contributed by atoms with Gasteiger partial charge in [-0.2, -0.15) is 5.10 Å². The van der Waals surface area contributed by atoms with Crippen LogP contribution in [0.1, 0.15) is 44.5 Å². The van der Waals surface area contributed by atoms with Gasteiger partial charge in [0.25, 0.3) is 0 Å². The Labute approximate surface area is 92.1 Å². The van der Waals surface area contributed by atoms with Gasteiger partial charge in [-0.3, -0.25) is 4.68 Å². The molecule has 0 spiro atoms. The summed E-state index contributed by atoms with van der Waals surface area (Å²) in [5, 5.41) is 14.0. The van der Waals surface area contributed by atoms with Crippen molar-refractivity contribution in [1.82, 2.24) is 9.78 Å². The molecule has 1 rings (SSSR count). The molecule has 0 aliphatic heterocycles. The van der Waals surface area contributed by atoms with Crippen LogP contribution >= 0.6 is 0 Å². The van der Waals surface area contributed by atoms with Gasteiger partial charge in [-0.05, 0) is 31.7 Å². The molecule has 15 heavy (non-hydrogen) atoms. The number of aliphatic hydroxyl groups is 1. The van der Waals surface area contributed by atoms with Gasteiger partial charge in [0.2, 0.25) is 0 Å². The van der Waals surface area contributed by atoms with E-state index in [1.54, 1.807) is 0 Å². The average molecular weight is 210 g/mol. The van der Waals surface area contributed by atoms with Crippen LogP contribution in [0.4, 0.5) is 0 Å². The zero-order chi connectivity index (χ0) is 11.3. The van der Waals surface area contributed by atoms with Gasteiger partial charge in [-0.15, -0.1) is 0 Å². The van der Waals surface area contributed by atoms with Crippen molar-refractivity contribution in [3.63, 3.8) is 0 Å². The number of aromatic nitrogens is 2. The van der Waals surface area contributed by atoms with Crippen molar-refractivity contribution in [1.29, 1.82) is 0 Å². The summed E-state index contributed by atoms with van der Waals surface area (Å²) in [6.45, 7) is 4.21. The molecule has 1 N–H and O–H groups in total. The third-order valence-electron chi connectivity index (χ3n) is 2.75. The monoisotopic (exact) mass is 210 g/mol. The molecule has 86 valence electrons. The predicted octanol–water partition coefficient (Wildman–Crippen LogP) is 2.08. The minimum atomic E-state index is -0.157. The third kappa shape index (κ3) is 3.67. The lowest BCUT2D eigenvalue weighted by Gasteiger charge is -2.08. The Kier molecular flexibility index (Phi) is 4.82. The topological polar surface area (TPSA) is 38.1 Å². The van der Waals surface area contributed by atoms with Crippen LogP contribution in [0, 0.1) is 0 Å². The summed E-state index contributed by atoms with van der Waals surface area (Å²) >= 11 is 0. The lowest BCUT2D eigenvalue weighted by atomic mass is 10.1. The van der Waals surface area contributed by atoms with Crippen molar-refractivity contribution < 1.29 is 5.11 Å². The van der Waals surface area contributed by atoms with Crippen LogP contribution in [-0.4, -0.2) is 21.0 Å². The molecule has 1 aromatic rings. The molecule has 0 amide bonds. The number of aryl methyl sites for hydroxylation is 3. The standard InChI is InChI=1S/C12H22N2O/c1-4-6-12(15)8-7-11-9-10(5-2)13-14(11)3/h9,12,15H,4-8H2,1-3H3. The minimum absolute atomic E-state index is 0.157. The zero-order valence-electron chi connectivity index (χ0n) is 10.0. The van der Waals surface area contributed by atoms with E-state index in [4.69, 9.17) is 0 Å². The molecule has 0 fully saturated rings. The van der Waals surface area contributed by atoms with E-state index < -0.39 is 0 Å². The van der Waals surface area contributed by atoms with E-state index >= 15 is 0 Å². The van der Waals surface area contributed by atoms with Gasteiger partial charge in [0.05, 0.1) is 11.8 Å². The van der Waals surface area contributed by atoms with Gasteiger partial charge in [-0.1, -0.05) is 20.3 Å². The van der Waals surface area contributed by atoms with Gasteiger partial charge in [0.15, 0.2) is 0 Å². The van der Waals surface area contributed by atoms with E-state index in [1.807, 2.05) is 11.7 Å². The van der Waals surface area contributed by atoms with Crippen molar-refractivity contribution in [2.45, 2.75) is 52.1 Å². The second kappa shape index (κ2) is 5.91. The van der Waals surface area contributed by atoms with Gasteiger partial charge >= 0.3 is 0 Å². The summed E-state index contributed by atoms with van der Waals surface area (Å²) in [6, 6.07) is 2.14. The van der Waals surface area contributed by atoms with E-state index in [-0.39, 0.29) is 6.10 Å². The van der Waals surface area contributed by atoms with Crippen LogP contribution in [0.15, 0.2) is 6.07 Å². The van der Waals surface area contributed by atoms with Crippen LogP contribution in [0.5, 0.6) is 0 Å². The number of nitrogens with zero attached hydrogens (tertiary/aromatic N) is 2.